The molecule has 116 valence electrons. The summed E-state index contributed by atoms with van der Waals surface area (Å²) in [5.41, 5.74) is 0.0930. The molecule has 0 fully saturated rings. The third kappa shape index (κ3) is 4.47. The van der Waals surface area contributed by atoms with Crippen LogP contribution in [0.5, 0.6) is 0 Å². The molecule has 2 rings (SSSR count). The molecule has 1 amide bonds. The lowest BCUT2D eigenvalue weighted by molar-refractivity contribution is -0.116. The summed E-state index contributed by atoms with van der Waals surface area (Å²) in [6, 6.07) is 6.29. The molecule has 0 aliphatic rings. The third-order valence-electron chi connectivity index (χ3n) is 2.88. The van der Waals surface area contributed by atoms with Crippen molar-refractivity contribution in [3.8, 4) is 0 Å². The number of amides is 1. The number of carbonyl (C=O) groups excluding carboxylic acids is 1. The molecular formula is C15H16F2N4O. The number of nitrogens with zero attached hydrogens (tertiary/aromatic N) is 2. The van der Waals surface area contributed by atoms with Crippen LogP contribution in [0.25, 0.3) is 0 Å². The van der Waals surface area contributed by atoms with Crippen LogP contribution in [0, 0.1) is 11.6 Å². The smallest absolute Gasteiger partial charge is 0.225 e. The molecule has 22 heavy (non-hydrogen) atoms. The number of hydrogen-bond acceptors (Lipinski definition) is 4. The fraction of sp³-hybridized carbons (Fsp3) is 0.267. The molecule has 2 N–H and O–H groups in total. The summed E-state index contributed by atoms with van der Waals surface area (Å²) in [5, 5.41) is 13.0. The van der Waals surface area contributed by atoms with Gasteiger partial charge in [0.15, 0.2) is 11.6 Å². The average Bonchev–Trinajstić information content (AvgIpc) is 2.50. The van der Waals surface area contributed by atoms with Crippen molar-refractivity contribution in [2.45, 2.75) is 26.2 Å². The number of benzene rings is 1. The lowest BCUT2D eigenvalue weighted by atomic mass is 10.2. The largest absolute Gasteiger partial charge is 0.336 e. The SMILES string of the molecule is CCCCC(=O)Nc1ccc(Nc2ccc(F)cc2F)nn1. The number of aromatic nitrogens is 2. The van der Waals surface area contributed by atoms with Gasteiger partial charge in [-0.2, -0.15) is 0 Å². The van der Waals surface area contributed by atoms with Gasteiger partial charge in [0.05, 0.1) is 5.69 Å². The first kappa shape index (κ1) is 15.8. The molecule has 0 bridgehead atoms. The quantitative estimate of drug-likeness (QED) is 0.855. The predicted octanol–water partition coefficient (Wildman–Crippen LogP) is 3.63. The third-order valence-corrected chi connectivity index (χ3v) is 2.88. The van der Waals surface area contributed by atoms with E-state index < -0.39 is 11.6 Å². The molecule has 0 aliphatic carbocycles. The van der Waals surface area contributed by atoms with E-state index in [9.17, 15) is 13.6 Å². The maximum absolute atomic E-state index is 13.5. The van der Waals surface area contributed by atoms with Gasteiger partial charge >= 0.3 is 0 Å². The zero-order valence-electron chi connectivity index (χ0n) is 12.1. The summed E-state index contributed by atoms with van der Waals surface area (Å²) in [4.78, 5) is 11.5. The van der Waals surface area contributed by atoms with Crippen LogP contribution in [0.1, 0.15) is 26.2 Å². The van der Waals surface area contributed by atoms with Crippen molar-refractivity contribution in [3.63, 3.8) is 0 Å². The molecule has 0 spiro atoms. The first-order valence-corrected chi connectivity index (χ1v) is 6.94. The van der Waals surface area contributed by atoms with Crippen molar-refractivity contribution >= 4 is 23.2 Å². The molecule has 0 saturated carbocycles. The zero-order chi connectivity index (χ0) is 15.9. The summed E-state index contributed by atoms with van der Waals surface area (Å²) < 4.78 is 26.3. The minimum absolute atomic E-state index is 0.0930. The first-order valence-electron chi connectivity index (χ1n) is 6.94. The highest BCUT2D eigenvalue weighted by molar-refractivity contribution is 5.89. The van der Waals surface area contributed by atoms with Gasteiger partial charge in [-0.3, -0.25) is 4.79 Å². The first-order chi connectivity index (χ1) is 10.6. The van der Waals surface area contributed by atoms with Crippen LogP contribution in [0.15, 0.2) is 30.3 Å². The maximum Gasteiger partial charge on any atom is 0.225 e. The molecule has 5 nitrogen and oxygen atoms in total. The minimum Gasteiger partial charge on any atom is -0.336 e. The minimum atomic E-state index is -0.723. The van der Waals surface area contributed by atoms with E-state index in [4.69, 9.17) is 0 Å². The van der Waals surface area contributed by atoms with Gasteiger partial charge in [0.25, 0.3) is 0 Å². The molecular weight excluding hydrogens is 290 g/mol. The lowest BCUT2D eigenvalue weighted by Gasteiger charge is -2.07. The lowest BCUT2D eigenvalue weighted by Crippen LogP contribution is -2.12. The van der Waals surface area contributed by atoms with E-state index in [-0.39, 0.29) is 17.4 Å². The highest BCUT2D eigenvalue weighted by Gasteiger charge is 2.06. The highest BCUT2D eigenvalue weighted by Crippen LogP contribution is 2.19. The van der Waals surface area contributed by atoms with Crippen LogP contribution >= 0.6 is 0 Å². The van der Waals surface area contributed by atoms with Gasteiger partial charge in [0.1, 0.15) is 11.6 Å². The van der Waals surface area contributed by atoms with Gasteiger partial charge in [-0.1, -0.05) is 13.3 Å². The maximum atomic E-state index is 13.5. The fourth-order valence-electron chi connectivity index (χ4n) is 1.74. The highest BCUT2D eigenvalue weighted by atomic mass is 19.1. The van der Waals surface area contributed by atoms with E-state index in [1.54, 1.807) is 12.1 Å². The molecule has 7 heteroatoms. The average molecular weight is 306 g/mol. The van der Waals surface area contributed by atoms with Crippen molar-refractivity contribution in [2.75, 3.05) is 10.6 Å². The van der Waals surface area contributed by atoms with Crippen LogP contribution in [0.3, 0.4) is 0 Å². The molecule has 0 aliphatic heterocycles. The Morgan fingerprint density at radius 2 is 1.86 bits per heavy atom. The Labute approximate surface area is 126 Å². The second kappa shape index (κ2) is 7.44. The normalized spacial score (nSPS) is 10.3. The van der Waals surface area contributed by atoms with Crippen LogP contribution < -0.4 is 10.6 Å². The van der Waals surface area contributed by atoms with Crippen LogP contribution in [-0.4, -0.2) is 16.1 Å². The van der Waals surface area contributed by atoms with Crippen molar-refractivity contribution in [3.05, 3.63) is 42.0 Å². The number of unbranched alkanes of at least 4 members (excludes halogenated alkanes) is 1. The van der Waals surface area contributed by atoms with Gasteiger partial charge in [-0.05, 0) is 30.7 Å². The van der Waals surface area contributed by atoms with Crippen molar-refractivity contribution < 1.29 is 13.6 Å². The van der Waals surface area contributed by atoms with Crippen LogP contribution in [0.4, 0.5) is 26.1 Å². The van der Waals surface area contributed by atoms with Gasteiger partial charge < -0.3 is 10.6 Å². The molecule has 1 aromatic carbocycles. The van der Waals surface area contributed by atoms with Crippen molar-refractivity contribution in [1.82, 2.24) is 10.2 Å². The van der Waals surface area contributed by atoms with Crippen molar-refractivity contribution in [2.24, 2.45) is 0 Å². The van der Waals surface area contributed by atoms with E-state index in [0.29, 0.717) is 12.2 Å². The summed E-state index contributed by atoms with van der Waals surface area (Å²) in [5.74, 6) is -0.886. The fourth-order valence-corrected chi connectivity index (χ4v) is 1.74. The topological polar surface area (TPSA) is 66.9 Å². The summed E-state index contributed by atoms with van der Waals surface area (Å²) in [6.07, 6.45) is 2.17. The Balaban J connectivity index is 1.98. The van der Waals surface area contributed by atoms with Gasteiger partial charge in [-0.25, -0.2) is 8.78 Å². The van der Waals surface area contributed by atoms with Gasteiger partial charge in [0, 0.05) is 12.5 Å². The number of nitrogens with one attached hydrogen (secondary N) is 2. The predicted molar refractivity (Wildman–Crippen MR) is 79.8 cm³/mol. The van der Waals surface area contributed by atoms with Crippen LogP contribution in [-0.2, 0) is 4.79 Å². The summed E-state index contributed by atoms with van der Waals surface area (Å²) in [6.45, 7) is 2.00. The second-order valence-corrected chi connectivity index (χ2v) is 4.70. The van der Waals surface area contributed by atoms with E-state index in [1.807, 2.05) is 6.92 Å². The monoisotopic (exact) mass is 306 g/mol. The molecule has 1 heterocycles. The Bertz CT molecular complexity index is 646. The molecule has 0 unspecified atom stereocenters. The molecule has 1 aromatic heterocycles. The van der Waals surface area contributed by atoms with E-state index in [2.05, 4.69) is 20.8 Å². The Kier molecular flexibility index (Phi) is 5.35. The number of halogens is 2. The van der Waals surface area contributed by atoms with Gasteiger partial charge in [-0.15, -0.1) is 10.2 Å². The van der Waals surface area contributed by atoms with Gasteiger partial charge in [0.2, 0.25) is 5.91 Å². The number of hydrogen-bond donors (Lipinski definition) is 2. The summed E-state index contributed by atoms with van der Waals surface area (Å²) >= 11 is 0. The van der Waals surface area contributed by atoms with E-state index >= 15 is 0 Å². The van der Waals surface area contributed by atoms with Crippen molar-refractivity contribution in [1.29, 1.82) is 0 Å². The Morgan fingerprint density at radius 1 is 1.14 bits per heavy atom. The van der Waals surface area contributed by atoms with Crippen LogP contribution in [0.2, 0.25) is 0 Å². The molecule has 0 atom stereocenters. The number of anilines is 3. The molecule has 2 aromatic rings. The number of rotatable bonds is 6. The zero-order valence-corrected chi connectivity index (χ0v) is 12.1. The van der Waals surface area contributed by atoms with E-state index in [1.165, 1.54) is 6.07 Å². The Hall–Kier alpha value is -2.57. The standard InChI is InChI=1S/C15H16F2N4O/c1-2-3-4-15(22)19-14-8-7-13(20-21-14)18-12-6-5-10(16)9-11(12)17/h5-9H,2-4H2,1H3,(H,18,20)(H,19,21,22). The number of carbonyl (C=O) groups is 1. The van der Waals surface area contributed by atoms with E-state index in [0.717, 1.165) is 25.0 Å². The summed E-state index contributed by atoms with van der Waals surface area (Å²) in [7, 11) is 0. The molecule has 0 radical (unpaired) electrons. The Morgan fingerprint density at radius 3 is 2.50 bits per heavy atom. The molecule has 0 saturated heterocycles. The second-order valence-electron chi connectivity index (χ2n) is 4.70.